The zero-order chi connectivity index (χ0) is 27.7. The monoisotopic (exact) mass is 521 g/mol. The minimum atomic E-state index is -0.0951. The van der Waals surface area contributed by atoms with Crippen LogP contribution in [0.25, 0.3) is 60.9 Å². The van der Waals surface area contributed by atoms with E-state index in [0.29, 0.717) is 0 Å². The fourth-order valence-corrected chi connectivity index (χ4v) is 6.80. The molecule has 1 aromatic heterocycles. The molecule has 0 fully saturated rings. The Morgan fingerprint density at radius 3 is 1.88 bits per heavy atom. The van der Waals surface area contributed by atoms with E-state index in [0.717, 1.165) is 5.46 Å². The fourth-order valence-electron chi connectivity index (χ4n) is 6.80. The van der Waals surface area contributed by atoms with Crippen LogP contribution in [0, 0.1) is 0 Å². The lowest BCUT2D eigenvalue weighted by molar-refractivity contribution is 0.661. The maximum atomic E-state index is 6.18. The van der Waals surface area contributed by atoms with Gasteiger partial charge < -0.3 is 4.57 Å². The molecule has 0 spiro atoms. The molecule has 192 valence electrons. The summed E-state index contributed by atoms with van der Waals surface area (Å²) < 4.78 is 2.38. The Kier molecular flexibility index (Phi) is 5.18. The zero-order valence-electron chi connectivity index (χ0n) is 23.2. The van der Waals surface area contributed by atoms with Crippen LogP contribution in [-0.2, 0) is 5.41 Å². The first-order valence-electron chi connectivity index (χ1n) is 14.2. The maximum Gasteiger partial charge on any atom is 0.113 e. The van der Waals surface area contributed by atoms with E-state index in [1.807, 2.05) is 6.07 Å². The third-order valence-corrected chi connectivity index (χ3v) is 8.94. The Morgan fingerprint density at radius 1 is 0.488 bits per heavy atom. The smallest absolute Gasteiger partial charge is 0.113 e. The molecule has 0 unspecified atom stereocenters. The standard InChI is InChI=1S/C39H28BN/c1-39(2)35-23-28(14-19-31(35)32-20-16-29(40)24-36(32)39)27-15-21-38-34(22-27)33-10-6-7-11-37(33)41(38)30-17-12-26(13-18-30)25-8-4-3-5-9-25/h3-24H,1-2H3. The minimum absolute atomic E-state index is 0.0951. The molecule has 41 heavy (non-hydrogen) atoms. The van der Waals surface area contributed by atoms with E-state index in [2.05, 4.69) is 146 Å². The second kappa shape index (κ2) is 8.84. The van der Waals surface area contributed by atoms with Crippen LogP contribution < -0.4 is 5.46 Å². The molecule has 0 bridgehead atoms. The number of fused-ring (bicyclic) bond motifs is 6. The molecule has 0 N–H and O–H groups in total. The molecule has 0 aliphatic heterocycles. The second-order valence-electron chi connectivity index (χ2n) is 11.7. The highest BCUT2D eigenvalue weighted by molar-refractivity contribution is 6.32. The molecule has 1 nitrogen and oxygen atoms in total. The van der Waals surface area contributed by atoms with Crippen molar-refractivity contribution in [2.24, 2.45) is 0 Å². The van der Waals surface area contributed by atoms with Gasteiger partial charge in [0.2, 0.25) is 0 Å². The number of aromatic nitrogens is 1. The van der Waals surface area contributed by atoms with Crippen LogP contribution in [0.2, 0.25) is 0 Å². The number of para-hydroxylation sites is 1. The van der Waals surface area contributed by atoms with Gasteiger partial charge in [-0.3, -0.25) is 0 Å². The summed E-state index contributed by atoms with van der Waals surface area (Å²) in [5, 5.41) is 2.53. The third kappa shape index (κ3) is 3.64. The van der Waals surface area contributed by atoms with E-state index in [1.165, 1.54) is 72.0 Å². The zero-order valence-corrected chi connectivity index (χ0v) is 23.2. The van der Waals surface area contributed by atoms with Crippen molar-refractivity contribution in [2.75, 3.05) is 0 Å². The summed E-state index contributed by atoms with van der Waals surface area (Å²) in [5.41, 5.74) is 14.5. The number of rotatable bonds is 3. The highest BCUT2D eigenvalue weighted by atomic mass is 15.0. The van der Waals surface area contributed by atoms with E-state index < -0.39 is 0 Å². The Hall–Kier alpha value is -4.82. The summed E-state index contributed by atoms with van der Waals surface area (Å²) in [6.45, 7) is 4.61. The molecule has 7 aromatic rings. The molecule has 1 aliphatic rings. The predicted octanol–water partition coefficient (Wildman–Crippen LogP) is 9.22. The van der Waals surface area contributed by atoms with Gasteiger partial charge in [-0.25, -0.2) is 0 Å². The van der Waals surface area contributed by atoms with Crippen LogP contribution in [0.5, 0.6) is 0 Å². The lowest BCUT2D eigenvalue weighted by Gasteiger charge is -2.22. The van der Waals surface area contributed by atoms with Gasteiger partial charge in [0.15, 0.2) is 0 Å². The van der Waals surface area contributed by atoms with Crippen LogP contribution in [-0.4, -0.2) is 12.4 Å². The maximum absolute atomic E-state index is 6.18. The van der Waals surface area contributed by atoms with Crippen LogP contribution in [0.4, 0.5) is 0 Å². The van der Waals surface area contributed by atoms with E-state index in [4.69, 9.17) is 7.85 Å². The highest BCUT2D eigenvalue weighted by Gasteiger charge is 2.35. The van der Waals surface area contributed by atoms with Crippen molar-refractivity contribution < 1.29 is 0 Å². The SMILES string of the molecule is [B]c1ccc2c(c1)C(C)(C)c1cc(-c3ccc4c(c3)c3ccccc3n4-c3ccc(-c4ccccc4)cc3)ccc1-2. The average molecular weight is 521 g/mol. The molecule has 0 saturated heterocycles. The van der Waals surface area contributed by atoms with Gasteiger partial charge in [0.05, 0.1) is 11.0 Å². The molecule has 0 saturated carbocycles. The number of benzene rings is 6. The highest BCUT2D eigenvalue weighted by Crippen LogP contribution is 2.49. The summed E-state index contributed by atoms with van der Waals surface area (Å²) in [4.78, 5) is 0. The largest absolute Gasteiger partial charge is 0.309 e. The van der Waals surface area contributed by atoms with Crippen LogP contribution in [0.3, 0.4) is 0 Å². The van der Waals surface area contributed by atoms with Gasteiger partial charge in [0.25, 0.3) is 0 Å². The molecule has 2 radical (unpaired) electrons. The Balaban J connectivity index is 1.25. The van der Waals surface area contributed by atoms with Gasteiger partial charge in [-0.05, 0) is 80.9 Å². The van der Waals surface area contributed by atoms with Gasteiger partial charge in [0.1, 0.15) is 7.85 Å². The molecular formula is C39H28BN. The van der Waals surface area contributed by atoms with Gasteiger partial charge in [-0.1, -0.05) is 116 Å². The summed E-state index contributed by atoms with van der Waals surface area (Å²) in [7, 11) is 6.18. The Morgan fingerprint density at radius 2 is 1.07 bits per heavy atom. The lowest BCUT2D eigenvalue weighted by Crippen LogP contribution is -2.17. The first-order chi connectivity index (χ1) is 20.0. The molecule has 1 aliphatic carbocycles. The predicted molar refractivity (Wildman–Crippen MR) is 175 cm³/mol. The Labute approximate surface area is 242 Å². The van der Waals surface area contributed by atoms with Crippen molar-refractivity contribution in [3.05, 3.63) is 145 Å². The normalized spacial score (nSPS) is 13.4. The first-order valence-corrected chi connectivity index (χ1v) is 14.2. The molecule has 0 atom stereocenters. The van der Waals surface area contributed by atoms with Crippen molar-refractivity contribution in [3.8, 4) is 39.1 Å². The third-order valence-electron chi connectivity index (χ3n) is 8.94. The van der Waals surface area contributed by atoms with Crippen molar-refractivity contribution in [2.45, 2.75) is 19.3 Å². The minimum Gasteiger partial charge on any atom is -0.309 e. The molecule has 1 heterocycles. The van der Waals surface area contributed by atoms with E-state index in [-0.39, 0.29) is 5.41 Å². The summed E-state index contributed by atoms with van der Waals surface area (Å²) >= 11 is 0. The van der Waals surface area contributed by atoms with Gasteiger partial charge >= 0.3 is 0 Å². The summed E-state index contributed by atoms with van der Waals surface area (Å²) in [5.74, 6) is 0. The van der Waals surface area contributed by atoms with E-state index in [1.54, 1.807) is 0 Å². The molecular weight excluding hydrogens is 493 g/mol. The lowest BCUT2D eigenvalue weighted by atomic mass is 9.79. The van der Waals surface area contributed by atoms with E-state index >= 15 is 0 Å². The topological polar surface area (TPSA) is 4.93 Å². The molecule has 6 aromatic carbocycles. The fraction of sp³-hybridized carbons (Fsp3) is 0.0769. The van der Waals surface area contributed by atoms with Crippen LogP contribution in [0.15, 0.2) is 133 Å². The van der Waals surface area contributed by atoms with Gasteiger partial charge in [-0.15, -0.1) is 0 Å². The van der Waals surface area contributed by atoms with Gasteiger partial charge in [-0.2, -0.15) is 0 Å². The van der Waals surface area contributed by atoms with Crippen molar-refractivity contribution in [1.29, 1.82) is 0 Å². The van der Waals surface area contributed by atoms with Crippen molar-refractivity contribution >= 4 is 35.1 Å². The number of hydrogen-bond donors (Lipinski definition) is 0. The molecule has 8 rings (SSSR count). The summed E-state index contributed by atoms with van der Waals surface area (Å²) in [6.07, 6.45) is 0. The number of nitrogens with zero attached hydrogens (tertiary/aromatic N) is 1. The second-order valence-corrected chi connectivity index (χ2v) is 11.7. The quantitative estimate of drug-likeness (QED) is 0.204. The summed E-state index contributed by atoms with van der Waals surface area (Å²) in [6, 6.07) is 48.4. The Bertz CT molecular complexity index is 2110. The first kappa shape index (κ1) is 24.0. The molecule has 0 amide bonds. The number of hydrogen-bond acceptors (Lipinski definition) is 0. The van der Waals surface area contributed by atoms with Crippen LogP contribution in [0.1, 0.15) is 25.0 Å². The van der Waals surface area contributed by atoms with Crippen molar-refractivity contribution in [3.63, 3.8) is 0 Å². The van der Waals surface area contributed by atoms with Crippen molar-refractivity contribution in [1.82, 2.24) is 4.57 Å². The molecule has 2 heteroatoms. The van der Waals surface area contributed by atoms with Crippen LogP contribution >= 0.6 is 0 Å². The van der Waals surface area contributed by atoms with E-state index in [9.17, 15) is 0 Å². The average Bonchev–Trinajstić information content (AvgIpc) is 3.45. The van der Waals surface area contributed by atoms with Gasteiger partial charge in [0, 0.05) is 21.9 Å².